The van der Waals surface area contributed by atoms with Crippen LogP contribution < -0.4 is 30.7 Å². The highest BCUT2D eigenvalue weighted by Gasteiger charge is 2.43. The summed E-state index contributed by atoms with van der Waals surface area (Å²) in [4.78, 5) is 35.9. The number of ether oxygens (including phenoxy) is 2. The average Bonchev–Trinajstić information content (AvgIpc) is 3.72. The van der Waals surface area contributed by atoms with Crippen LogP contribution in [0, 0.1) is 0 Å². The number of anilines is 3. The Labute approximate surface area is 228 Å². The molecular weight excluding hydrogens is 522 g/mol. The van der Waals surface area contributed by atoms with E-state index in [2.05, 4.69) is 30.1 Å². The second kappa shape index (κ2) is 9.92. The summed E-state index contributed by atoms with van der Waals surface area (Å²) >= 11 is 0. The smallest absolute Gasteiger partial charge is 0.395 e. The van der Waals surface area contributed by atoms with Crippen molar-refractivity contribution in [2.45, 2.75) is 56.9 Å². The van der Waals surface area contributed by atoms with Gasteiger partial charge >= 0.3 is 6.29 Å². The number of rotatable bonds is 7. The van der Waals surface area contributed by atoms with Crippen LogP contribution in [-0.4, -0.2) is 46.7 Å². The fourth-order valence-corrected chi connectivity index (χ4v) is 5.18. The Morgan fingerprint density at radius 3 is 2.55 bits per heavy atom. The molecule has 3 aliphatic rings. The second-order valence-corrected chi connectivity index (χ2v) is 10.3. The monoisotopic (exact) mass is 550 g/mol. The quantitative estimate of drug-likeness (QED) is 0.397. The average molecular weight is 551 g/mol. The Morgan fingerprint density at radius 2 is 1.82 bits per heavy atom. The zero-order valence-electron chi connectivity index (χ0n) is 21.7. The van der Waals surface area contributed by atoms with Crippen LogP contribution in [0.4, 0.5) is 26.1 Å². The predicted octanol–water partition coefficient (Wildman–Crippen LogP) is 4.31. The summed E-state index contributed by atoms with van der Waals surface area (Å²) in [7, 11) is 0. The number of primary amides is 1. The lowest BCUT2D eigenvalue weighted by Crippen LogP contribution is -2.54. The number of carbonyl (C=O) groups is 2. The van der Waals surface area contributed by atoms with E-state index in [0.717, 1.165) is 12.8 Å². The molecule has 208 valence electrons. The zero-order valence-corrected chi connectivity index (χ0v) is 21.7. The number of hydrogen-bond donors (Lipinski definition) is 3. The molecule has 0 spiro atoms. The first-order valence-electron chi connectivity index (χ1n) is 13.2. The summed E-state index contributed by atoms with van der Waals surface area (Å²) in [6.07, 6.45) is 1.71. The molecule has 1 aliphatic carbocycles. The number of piperidine rings is 1. The molecule has 0 unspecified atom stereocenters. The van der Waals surface area contributed by atoms with Gasteiger partial charge in [-0.25, -0.2) is 9.97 Å². The molecule has 3 aromatic rings. The van der Waals surface area contributed by atoms with Crippen LogP contribution in [0.5, 0.6) is 11.5 Å². The SMILES string of the molecule is C[C@@H]1[C@H](NC(=O)c2ccc(C3CC3)cc2)CCCN1c1cnc(C(N)=O)c(Nc2ccc3c(c2)OC(F)(F)O3)n1. The van der Waals surface area contributed by atoms with E-state index < -0.39 is 12.2 Å². The maximum absolute atomic E-state index is 13.4. The third-order valence-corrected chi connectivity index (χ3v) is 7.48. The van der Waals surface area contributed by atoms with Gasteiger partial charge in [-0.05, 0) is 68.4 Å². The maximum atomic E-state index is 13.4. The van der Waals surface area contributed by atoms with E-state index in [1.54, 1.807) is 0 Å². The van der Waals surface area contributed by atoms with Crippen molar-refractivity contribution in [2.75, 3.05) is 16.8 Å². The fraction of sp³-hybridized carbons (Fsp3) is 0.357. The minimum Gasteiger partial charge on any atom is -0.395 e. The van der Waals surface area contributed by atoms with E-state index in [1.165, 1.54) is 42.8 Å². The van der Waals surface area contributed by atoms with Gasteiger partial charge in [0, 0.05) is 35.9 Å². The van der Waals surface area contributed by atoms with Gasteiger partial charge in [-0.15, -0.1) is 8.78 Å². The molecule has 2 aromatic carbocycles. The number of nitrogens with zero attached hydrogens (tertiary/aromatic N) is 3. The van der Waals surface area contributed by atoms with Crippen LogP contribution >= 0.6 is 0 Å². The molecule has 6 rings (SSSR count). The standard InChI is InChI=1S/C28H28F2N6O4/c1-15-20(34-27(38)18-8-6-17(7-9-18)16-4-5-16)3-2-12-36(15)23-14-32-24(25(31)37)26(35-23)33-19-10-11-21-22(13-19)40-28(29,30)39-21/h6-11,13-16,20H,2-5,12H2,1H3,(H2,31,37)(H,33,35)(H,34,38)/t15-,20-/m1/s1. The number of aromatic nitrogens is 2. The molecule has 3 heterocycles. The molecule has 1 saturated carbocycles. The van der Waals surface area contributed by atoms with Gasteiger partial charge < -0.3 is 30.7 Å². The molecule has 12 heteroatoms. The van der Waals surface area contributed by atoms with Crippen molar-refractivity contribution >= 4 is 29.1 Å². The first-order valence-corrected chi connectivity index (χ1v) is 13.2. The van der Waals surface area contributed by atoms with E-state index in [4.69, 9.17) is 5.73 Å². The lowest BCUT2D eigenvalue weighted by molar-refractivity contribution is -0.286. The molecule has 1 saturated heterocycles. The Morgan fingerprint density at radius 1 is 1.07 bits per heavy atom. The van der Waals surface area contributed by atoms with Gasteiger partial charge in [0.15, 0.2) is 23.0 Å². The van der Waals surface area contributed by atoms with E-state index >= 15 is 0 Å². The van der Waals surface area contributed by atoms with Crippen LogP contribution in [-0.2, 0) is 0 Å². The van der Waals surface area contributed by atoms with Crippen LogP contribution in [0.1, 0.15) is 64.9 Å². The van der Waals surface area contributed by atoms with Crippen molar-refractivity contribution in [3.63, 3.8) is 0 Å². The molecule has 40 heavy (non-hydrogen) atoms. The van der Waals surface area contributed by atoms with Gasteiger partial charge in [0.2, 0.25) is 0 Å². The lowest BCUT2D eigenvalue weighted by Gasteiger charge is -2.40. The van der Waals surface area contributed by atoms with E-state index in [9.17, 15) is 18.4 Å². The molecule has 2 amide bonds. The number of amides is 2. The number of nitrogens with two attached hydrogens (primary N) is 1. The van der Waals surface area contributed by atoms with Crippen molar-refractivity contribution in [1.82, 2.24) is 15.3 Å². The maximum Gasteiger partial charge on any atom is 0.586 e. The fourth-order valence-electron chi connectivity index (χ4n) is 5.18. The Balaban J connectivity index is 1.19. The first kappa shape index (κ1) is 25.8. The lowest BCUT2D eigenvalue weighted by atomic mass is 9.97. The summed E-state index contributed by atoms with van der Waals surface area (Å²) in [6.45, 7) is 2.65. The Hall–Kier alpha value is -4.48. The van der Waals surface area contributed by atoms with Gasteiger partial charge in [0.25, 0.3) is 11.8 Å². The van der Waals surface area contributed by atoms with Gasteiger partial charge in [0.1, 0.15) is 5.82 Å². The molecule has 2 atom stereocenters. The summed E-state index contributed by atoms with van der Waals surface area (Å²) < 4.78 is 35.8. The third kappa shape index (κ3) is 5.21. The number of benzene rings is 2. The van der Waals surface area contributed by atoms with Crippen molar-refractivity contribution in [1.29, 1.82) is 0 Å². The number of carbonyl (C=O) groups excluding carboxylic acids is 2. The second-order valence-electron chi connectivity index (χ2n) is 10.3. The van der Waals surface area contributed by atoms with Gasteiger partial charge in [-0.2, -0.15) is 0 Å². The third-order valence-electron chi connectivity index (χ3n) is 7.48. The van der Waals surface area contributed by atoms with Crippen molar-refractivity contribution in [3.8, 4) is 11.5 Å². The van der Waals surface area contributed by atoms with Crippen LogP contribution in [0.25, 0.3) is 0 Å². The summed E-state index contributed by atoms with van der Waals surface area (Å²) in [5, 5.41) is 6.09. The van der Waals surface area contributed by atoms with Crippen molar-refractivity contribution in [2.24, 2.45) is 5.73 Å². The topological polar surface area (TPSA) is 132 Å². The number of alkyl halides is 2. The highest BCUT2D eigenvalue weighted by molar-refractivity contribution is 5.96. The molecule has 2 fully saturated rings. The summed E-state index contributed by atoms with van der Waals surface area (Å²) in [5.41, 5.74) is 7.62. The highest BCUT2D eigenvalue weighted by Crippen LogP contribution is 2.43. The van der Waals surface area contributed by atoms with E-state index in [-0.39, 0.29) is 41.0 Å². The van der Waals surface area contributed by atoms with Gasteiger partial charge in [-0.1, -0.05) is 12.1 Å². The molecule has 0 radical (unpaired) electrons. The number of fused-ring (bicyclic) bond motifs is 1. The molecular formula is C28H28F2N6O4. The Kier molecular flexibility index (Phi) is 6.40. The minimum atomic E-state index is -3.75. The van der Waals surface area contributed by atoms with Gasteiger partial charge in [0.05, 0.1) is 6.20 Å². The van der Waals surface area contributed by atoms with Crippen LogP contribution in [0.15, 0.2) is 48.7 Å². The molecule has 10 nitrogen and oxygen atoms in total. The Bertz CT molecular complexity index is 1460. The molecule has 1 aromatic heterocycles. The molecule has 2 aliphatic heterocycles. The largest absolute Gasteiger partial charge is 0.586 e. The molecule has 4 N–H and O–H groups in total. The van der Waals surface area contributed by atoms with Crippen molar-refractivity contribution in [3.05, 3.63) is 65.5 Å². The number of hydrogen-bond acceptors (Lipinski definition) is 8. The minimum absolute atomic E-state index is 0.0599. The summed E-state index contributed by atoms with van der Waals surface area (Å²) in [6, 6.07) is 11.6. The number of halogens is 2. The number of nitrogens with one attached hydrogen (secondary N) is 2. The van der Waals surface area contributed by atoms with Crippen LogP contribution in [0.3, 0.4) is 0 Å². The zero-order chi connectivity index (χ0) is 28.0. The predicted molar refractivity (Wildman–Crippen MR) is 142 cm³/mol. The highest BCUT2D eigenvalue weighted by atomic mass is 19.3. The van der Waals surface area contributed by atoms with Crippen molar-refractivity contribution < 1.29 is 27.8 Å². The van der Waals surface area contributed by atoms with Crippen LogP contribution in [0.2, 0.25) is 0 Å². The van der Waals surface area contributed by atoms with E-state index in [1.807, 2.05) is 36.1 Å². The molecule has 0 bridgehead atoms. The van der Waals surface area contributed by atoms with Gasteiger partial charge in [-0.3, -0.25) is 9.59 Å². The summed E-state index contributed by atoms with van der Waals surface area (Å²) in [5.74, 6) is -0.0555. The normalized spacial score (nSPS) is 21.1. The first-order chi connectivity index (χ1) is 19.2. The van der Waals surface area contributed by atoms with E-state index in [0.29, 0.717) is 29.5 Å².